The second-order valence-electron chi connectivity index (χ2n) is 3.13. The fourth-order valence-corrected chi connectivity index (χ4v) is 1.40. The number of carboxylic acids is 1. The van der Waals surface area contributed by atoms with Gasteiger partial charge in [0.1, 0.15) is 0 Å². The number of fused-ring (bicyclic) bond motifs is 1. The number of aryl methyl sites for hydroxylation is 1. The predicted molar refractivity (Wildman–Crippen MR) is 53.7 cm³/mol. The van der Waals surface area contributed by atoms with E-state index in [9.17, 15) is 4.79 Å². The average molecular weight is 206 g/mol. The molecule has 78 valence electrons. The van der Waals surface area contributed by atoms with Crippen LogP contribution in [-0.4, -0.2) is 25.7 Å². The van der Waals surface area contributed by atoms with Gasteiger partial charge in [-0.25, -0.2) is 14.3 Å². The molecule has 0 saturated carbocycles. The molecular weight excluding hydrogens is 196 g/mol. The molecule has 0 aliphatic carbocycles. The van der Waals surface area contributed by atoms with Gasteiger partial charge in [0.2, 0.25) is 0 Å². The van der Waals surface area contributed by atoms with Crippen LogP contribution in [-0.2, 0) is 6.42 Å². The number of rotatable bonds is 2. The van der Waals surface area contributed by atoms with Gasteiger partial charge in [-0.05, 0) is 12.5 Å². The normalized spacial score (nSPS) is 10.7. The molecule has 6 nitrogen and oxygen atoms in total. The second kappa shape index (κ2) is 3.23. The molecule has 0 saturated heterocycles. The summed E-state index contributed by atoms with van der Waals surface area (Å²) in [4.78, 5) is 14.7. The van der Waals surface area contributed by atoms with Gasteiger partial charge >= 0.3 is 5.97 Å². The molecular formula is C9H10N4O2. The van der Waals surface area contributed by atoms with Crippen LogP contribution in [0.15, 0.2) is 12.3 Å². The van der Waals surface area contributed by atoms with Crippen molar-refractivity contribution in [1.82, 2.24) is 14.6 Å². The van der Waals surface area contributed by atoms with Gasteiger partial charge in [0.05, 0.1) is 11.9 Å². The summed E-state index contributed by atoms with van der Waals surface area (Å²) in [6.45, 7) is 1.91. The van der Waals surface area contributed by atoms with E-state index in [4.69, 9.17) is 10.8 Å². The number of aromatic carboxylic acids is 1. The van der Waals surface area contributed by atoms with E-state index >= 15 is 0 Å². The van der Waals surface area contributed by atoms with Crippen molar-refractivity contribution in [2.24, 2.45) is 0 Å². The third-order valence-electron chi connectivity index (χ3n) is 2.15. The molecule has 2 aromatic heterocycles. The van der Waals surface area contributed by atoms with E-state index in [0.29, 0.717) is 17.8 Å². The zero-order valence-corrected chi connectivity index (χ0v) is 8.14. The first-order chi connectivity index (χ1) is 7.13. The number of nitrogens with two attached hydrogens (primary N) is 1. The number of anilines is 1. The zero-order chi connectivity index (χ0) is 11.0. The quantitative estimate of drug-likeness (QED) is 0.749. The van der Waals surface area contributed by atoms with E-state index in [-0.39, 0.29) is 5.69 Å². The van der Waals surface area contributed by atoms with Crippen LogP contribution in [0.4, 0.5) is 5.69 Å². The van der Waals surface area contributed by atoms with Crippen LogP contribution >= 0.6 is 0 Å². The highest BCUT2D eigenvalue weighted by molar-refractivity contribution is 5.86. The maximum absolute atomic E-state index is 10.8. The number of nitrogen functional groups attached to an aromatic ring is 1. The van der Waals surface area contributed by atoms with Crippen LogP contribution in [0.3, 0.4) is 0 Å². The lowest BCUT2D eigenvalue weighted by Gasteiger charge is -2.03. The van der Waals surface area contributed by atoms with Gasteiger partial charge in [-0.1, -0.05) is 6.92 Å². The number of aromatic nitrogens is 3. The summed E-state index contributed by atoms with van der Waals surface area (Å²) in [5.74, 6) is -1.06. The summed E-state index contributed by atoms with van der Waals surface area (Å²) in [5, 5.41) is 12.9. The summed E-state index contributed by atoms with van der Waals surface area (Å²) in [7, 11) is 0. The molecule has 0 radical (unpaired) electrons. The first-order valence-electron chi connectivity index (χ1n) is 4.50. The number of carboxylic acid groups (broad SMARTS) is 1. The van der Waals surface area contributed by atoms with E-state index in [2.05, 4.69) is 10.1 Å². The van der Waals surface area contributed by atoms with Gasteiger partial charge in [0, 0.05) is 5.69 Å². The van der Waals surface area contributed by atoms with Gasteiger partial charge < -0.3 is 10.8 Å². The minimum atomic E-state index is -1.06. The molecule has 6 heteroatoms. The first-order valence-corrected chi connectivity index (χ1v) is 4.50. The smallest absolute Gasteiger partial charge is 0.354 e. The monoisotopic (exact) mass is 206 g/mol. The van der Waals surface area contributed by atoms with E-state index < -0.39 is 5.97 Å². The number of nitrogens with zero attached hydrogens (tertiary/aromatic N) is 3. The van der Waals surface area contributed by atoms with E-state index in [1.54, 1.807) is 4.52 Å². The highest BCUT2D eigenvalue weighted by atomic mass is 16.4. The standard InChI is InChI=1S/C9H10N4O2/c1-2-5-3-7(9(14)15)12-8-6(10)4-11-13(5)8/h3-4H,2,10H2,1H3,(H,14,15). The summed E-state index contributed by atoms with van der Waals surface area (Å²) in [5.41, 5.74) is 7.17. The zero-order valence-electron chi connectivity index (χ0n) is 8.14. The summed E-state index contributed by atoms with van der Waals surface area (Å²) < 4.78 is 1.56. The molecule has 0 aliphatic heterocycles. The van der Waals surface area contributed by atoms with Crippen molar-refractivity contribution in [2.45, 2.75) is 13.3 Å². The Morgan fingerprint density at radius 2 is 2.40 bits per heavy atom. The summed E-state index contributed by atoms with van der Waals surface area (Å²) in [6.07, 6.45) is 2.13. The van der Waals surface area contributed by atoms with Crippen LogP contribution in [0.2, 0.25) is 0 Å². The van der Waals surface area contributed by atoms with Gasteiger partial charge in [-0.15, -0.1) is 0 Å². The Morgan fingerprint density at radius 1 is 1.67 bits per heavy atom. The maximum Gasteiger partial charge on any atom is 0.354 e. The fourth-order valence-electron chi connectivity index (χ4n) is 1.40. The molecule has 2 rings (SSSR count). The van der Waals surface area contributed by atoms with Crippen molar-refractivity contribution in [3.05, 3.63) is 23.7 Å². The Kier molecular flexibility index (Phi) is 2.03. The van der Waals surface area contributed by atoms with E-state index in [1.165, 1.54) is 12.3 Å². The van der Waals surface area contributed by atoms with Crippen LogP contribution in [0, 0.1) is 0 Å². The predicted octanol–water partition coefficient (Wildman–Crippen LogP) is 0.572. The molecule has 0 unspecified atom stereocenters. The van der Waals surface area contributed by atoms with Gasteiger partial charge in [0.15, 0.2) is 11.3 Å². The average Bonchev–Trinajstić information content (AvgIpc) is 2.59. The number of carbonyl (C=O) groups is 1. The van der Waals surface area contributed by atoms with Gasteiger partial charge in [-0.2, -0.15) is 5.10 Å². The summed E-state index contributed by atoms with van der Waals surface area (Å²) in [6, 6.07) is 1.50. The second-order valence-corrected chi connectivity index (χ2v) is 3.13. The minimum absolute atomic E-state index is 0.00782. The highest BCUT2D eigenvalue weighted by Gasteiger charge is 2.12. The van der Waals surface area contributed by atoms with Crippen molar-refractivity contribution in [2.75, 3.05) is 5.73 Å². The van der Waals surface area contributed by atoms with Crippen LogP contribution < -0.4 is 5.73 Å². The Bertz CT molecular complexity index is 532. The van der Waals surface area contributed by atoms with Crippen LogP contribution in [0.5, 0.6) is 0 Å². The maximum atomic E-state index is 10.8. The highest BCUT2D eigenvalue weighted by Crippen LogP contribution is 2.14. The Labute approximate surface area is 85.3 Å². The summed E-state index contributed by atoms with van der Waals surface area (Å²) >= 11 is 0. The molecule has 0 bridgehead atoms. The Balaban J connectivity index is 2.79. The number of hydrogen-bond acceptors (Lipinski definition) is 4. The van der Waals surface area contributed by atoms with Crippen LogP contribution in [0.1, 0.15) is 23.1 Å². The van der Waals surface area contributed by atoms with Gasteiger partial charge in [-0.3, -0.25) is 0 Å². The molecule has 15 heavy (non-hydrogen) atoms. The van der Waals surface area contributed by atoms with Crippen molar-refractivity contribution in [3.8, 4) is 0 Å². The Morgan fingerprint density at radius 3 is 3.00 bits per heavy atom. The third-order valence-corrected chi connectivity index (χ3v) is 2.15. The molecule has 0 aromatic carbocycles. The molecule has 3 N–H and O–H groups in total. The molecule has 0 fully saturated rings. The topological polar surface area (TPSA) is 93.5 Å². The van der Waals surface area contributed by atoms with E-state index in [1.807, 2.05) is 6.92 Å². The SMILES string of the molecule is CCc1cc(C(=O)O)nc2c(N)cnn12. The van der Waals surface area contributed by atoms with Gasteiger partial charge in [0.25, 0.3) is 0 Å². The lowest BCUT2D eigenvalue weighted by Crippen LogP contribution is -2.07. The van der Waals surface area contributed by atoms with Crippen molar-refractivity contribution in [1.29, 1.82) is 0 Å². The first kappa shape index (κ1) is 9.45. The molecule has 0 amide bonds. The lowest BCUT2D eigenvalue weighted by molar-refractivity contribution is 0.0690. The van der Waals surface area contributed by atoms with Crippen molar-refractivity contribution < 1.29 is 9.90 Å². The van der Waals surface area contributed by atoms with Crippen molar-refractivity contribution in [3.63, 3.8) is 0 Å². The van der Waals surface area contributed by atoms with E-state index in [0.717, 1.165) is 5.69 Å². The molecule has 0 spiro atoms. The third kappa shape index (κ3) is 1.39. The minimum Gasteiger partial charge on any atom is -0.477 e. The largest absolute Gasteiger partial charge is 0.477 e. The molecule has 0 atom stereocenters. The fraction of sp³-hybridized carbons (Fsp3) is 0.222. The molecule has 2 heterocycles. The lowest BCUT2D eigenvalue weighted by atomic mass is 10.2. The molecule has 2 aromatic rings. The Hall–Kier alpha value is -2.11. The van der Waals surface area contributed by atoms with Crippen LogP contribution in [0.25, 0.3) is 5.65 Å². The van der Waals surface area contributed by atoms with Crippen molar-refractivity contribution >= 4 is 17.3 Å². The molecule has 0 aliphatic rings. The number of hydrogen-bond donors (Lipinski definition) is 2.